The molecule has 0 spiro atoms. The van der Waals surface area contributed by atoms with E-state index in [0.29, 0.717) is 6.54 Å². The Morgan fingerprint density at radius 2 is 2.12 bits per heavy atom. The van der Waals surface area contributed by atoms with Gasteiger partial charge in [0.2, 0.25) is 5.91 Å². The first-order valence-electron chi connectivity index (χ1n) is 6.50. The molecule has 2 heterocycles. The van der Waals surface area contributed by atoms with Gasteiger partial charge in [0.25, 0.3) is 0 Å². The molecule has 2 aliphatic heterocycles. The van der Waals surface area contributed by atoms with Crippen molar-refractivity contribution in [2.24, 2.45) is 5.41 Å². The van der Waals surface area contributed by atoms with E-state index in [1.807, 2.05) is 11.8 Å². The number of amides is 1. The smallest absolute Gasteiger partial charge is 0.230 e. The lowest BCUT2D eigenvalue weighted by Crippen LogP contribution is -2.57. The molecule has 0 bridgehead atoms. The van der Waals surface area contributed by atoms with Gasteiger partial charge < -0.3 is 15.0 Å². The Balaban J connectivity index is 2.09. The molecule has 1 amide bonds. The number of nitrogens with zero attached hydrogens (tertiary/aromatic N) is 1. The van der Waals surface area contributed by atoms with E-state index in [-0.39, 0.29) is 23.0 Å². The average molecular weight is 240 g/mol. The highest BCUT2D eigenvalue weighted by Crippen LogP contribution is 2.30. The summed E-state index contributed by atoms with van der Waals surface area (Å²) in [4.78, 5) is 14.6. The summed E-state index contributed by atoms with van der Waals surface area (Å²) in [7, 11) is 0. The van der Waals surface area contributed by atoms with Gasteiger partial charge in [-0.1, -0.05) is 0 Å². The van der Waals surface area contributed by atoms with Crippen LogP contribution in [-0.4, -0.2) is 48.7 Å². The van der Waals surface area contributed by atoms with Crippen LogP contribution >= 0.6 is 0 Å². The molecule has 0 unspecified atom stereocenters. The largest absolute Gasteiger partial charge is 0.369 e. The van der Waals surface area contributed by atoms with Gasteiger partial charge in [-0.2, -0.15) is 0 Å². The zero-order valence-electron chi connectivity index (χ0n) is 11.4. The summed E-state index contributed by atoms with van der Waals surface area (Å²) in [6, 6.07) is 0. The van der Waals surface area contributed by atoms with Gasteiger partial charge in [0.15, 0.2) is 0 Å². The third kappa shape index (κ3) is 2.63. The normalized spacial score (nSPS) is 37.2. The van der Waals surface area contributed by atoms with Crippen molar-refractivity contribution in [3.05, 3.63) is 0 Å². The van der Waals surface area contributed by atoms with Crippen LogP contribution in [0.25, 0.3) is 0 Å². The molecular formula is C13H24N2O2. The van der Waals surface area contributed by atoms with Gasteiger partial charge in [-0.05, 0) is 40.7 Å². The molecule has 98 valence electrons. The molecule has 1 N–H and O–H groups in total. The van der Waals surface area contributed by atoms with E-state index < -0.39 is 0 Å². The second kappa shape index (κ2) is 4.25. The highest BCUT2D eigenvalue weighted by atomic mass is 16.5. The highest BCUT2D eigenvalue weighted by Gasteiger charge is 2.43. The molecule has 0 aromatic carbocycles. The van der Waals surface area contributed by atoms with Crippen molar-refractivity contribution in [2.75, 3.05) is 26.2 Å². The van der Waals surface area contributed by atoms with Crippen LogP contribution in [0.1, 0.15) is 34.1 Å². The fourth-order valence-electron chi connectivity index (χ4n) is 2.99. The topological polar surface area (TPSA) is 41.6 Å². The predicted molar refractivity (Wildman–Crippen MR) is 66.8 cm³/mol. The standard InChI is InChI=1S/C13H24N2O2/c1-10-7-15(9-12(2,3)17-10)11(16)13(4)5-6-14-8-13/h10,14H,5-9H2,1-4H3/t10-,13-/m1/s1. The van der Waals surface area contributed by atoms with Gasteiger partial charge in [0, 0.05) is 19.6 Å². The molecule has 2 fully saturated rings. The summed E-state index contributed by atoms with van der Waals surface area (Å²) in [5, 5.41) is 3.29. The number of carbonyl (C=O) groups excluding carboxylic acids is 1. The molecule has 0 aromatic heterocycles. The molecular weight excluding hydrogens is 216 g/mol. The van der Waals surface area contributed by atoms with Crippen LogP contribution in [-0.2, 0) is 9.53 Å². The monoisotopic (exact) mass is 240 g/mol. The van der Waals surface area contributed by atoms with Crippen LogP contribution in [0.3, 0.4) is 0 Å². The van der Waals surface area contributed by atoms with Gasteiger partial charge in [0.05, 0.1) is 17.1 Å². The predicted octanol–water partition coefficient (Wildman–Crippen LogP) is 1.01. The van der Waals surface area contributed by atoms with Gasteiger partial charge in [-0.3, -0.25) is 4.79 Å². The number of hydrogen-bond acceptors (Lipinski definition) is 3. The maximum Gasteiger partial charge on any atom is 0.230 e. The van der Waals surface area contributed by atoms with Gasteiger partial charge >= 0.3 is 0 Å². The molecule has 0 aliphatic carbocycles. The van der Waals surface area contributed by atoms with Crippen molar-refractivity contribution in [1.29, 1.82) is 0 Å². The third-order valence-corrected chi connectivity index (χ3v) is 3.74. The quantitative estimate of drug-likeness (QED) is 0.744. The number of rotatable bonds is 1. The lowest BCUT2D eigenvalue weighted by atomic mass is 9.87. The average Bonchev–Trinajstić information content (AvgIpc) is 2.62. The number of ether oxygens (including phenoxy) is 1. The van der Waals surface area contributed by atoms with E-state index >= 15 is 0 Å². The molecule has 17 heavy (non-hydrogen) atoms. The van der Waals surface area contributed by atoms with Gasteiger partial charge in [-0.25, -0.2) is 0 Å². The highest BCUT2D eigenvalue weighted by molar-refractivity contribution is 5.83. The summed E-state index contributed by atoms with van der Waals surface area (Å²) in [5.74, 6) is 0.283. The number of hydrogen-bond donors (Lipinski definition) is 1. The maximum atomic E-state index is 12.6. The number of nitrogens with one attached hydrogen (secondary N) is 1. The second-order valence-corrected chi connectivity index (χ2v) is 6.36. The zero-order chi connectivity index (χ0) is 12.7. The summed E-state index contributed by atoms with van der Waals surface area (Å²) >= 11 is 0. The number of carbonyl (C=O) groups is 1. The second-order valence-electron chi connectivity index (χ2n) is 6.36. The van der Waals surface area contributed by atoms with Gasteiger partial charge in [0.1, 0.15) is 0 Å². The fourth-order valence-corrected chi connectivity index (χ4v) is 2.99. The molecule has 2 saturated heterocycles. The van der Waals surface area contributed by atoms with E-state index in [1.165, 1.54) is 0 Å². The first-order valence-corrected chi connectivity index (χ1v) is 6.50. The SMILES string of the molecule is C[C@@H]1CN(C(=O)[C@]2(C)CCNC2)CC(C)(C)O1. The maximum absolute atomic E-state index is 12.6. The Kier molecular flexibility index (Phi) is 3.21. The fraction of sp³-hybridized carbons (Fsp3) is 0.923. The van der Waals surface area contributed by atoms with Crippen molar-refractivity contribution in [1.82, 2.24) is 10.2 Å². The summed E-state index contributed by atoms with van der Waals surface area (Å²) < 4.78 is 5.84. The minimum Gasteiger partial charge on any atom is -0.369 e. The first-order chi connectivity index (χ1) is 7.82. The minimum absolute atomic E-state index is 0.126. The molecule has 2 atom stereocenters. The van der Waals surface area contributed by atoms with Gasteiger partial charge in [-0.15, -0.1) is 0 Å². The lowest BCUT2D eigenvalue weighted by Gasteiger charge is -2.44. The molecule has 0 radical (unpaired) electrons. The van der Waals surface area contributed by atoms with Crippen molar-refractivity contribution in [2.45, 2.75) is 45.8 Å². The minimum atomic E-state index is -0.226. The summed E-state index contributed by atoms with van der Waals surface area (Å²) in [6.45, 7) is 11.4. The summed E-state index contributed by atoms with van der Waals surface area (Å²) in [5.41, 5.74) is -0.442. The van der Waals surface area contributed by atoms with E-state index in [0.717, 1.165) is 26.1 Å². The van der Waals surface area contributed by atoms with E-state index in [1.54, 1.807) is 0 Å². The molecule has 0 aromatic rings. The lowest BCUT2D eigenvalue weighted by molar-refractivity contribution is -0.165. The van der Waals surface area contributed by atoms with Crippen molar-refractivity contribution in [3.8, 4) is 0 Å². The Morgan fingerprint density at radius 3 is 2.65 bits per heavy atom. The Hall–Kier alpha value is -0.610. The van der Waals surface area contributed by atoms with E-state index in [9.17, 15) is 4.79 Å². The van der Waals surface area contributed by atoms with Crippen molar-refractivity contribution in [3.63, 3.8) is 0 Å². The van der Waals surface area contributed by atoms with Crippen LogP contribution < -0.4 is 5.32 Å². The van der Waals surface area contributed by atoms with Crippen LogP contribution in [0.5, 0.6) is 0 Å². The third-order valence-electron chi connectivity index (χ3n) is 3.74. The Morgan fingerprint density at radius 1 is 1.41 bits per heavy atom. The molecule has 2 rings (SSSR count). The van der Waals surface area contributed by atoms with Crippen LogP contribution in [0, 0.1) is 5.41 Å². The zero-order valence-corrected chi connectivity index (χ0v) is 11.4. The Bertz CT molecular complexity index is 309. The molecule has 4 nitrogen and oxygen atoms in total. The first kappa shape index (κ1) is 12.8. The number of morpholine rings is 1. The molecule has 0 saturated carbocycles. The Labute approximate surface area is 104 Å². The van der Waals surface area contributed by atoms with E-state index in [4.69, 9.17) is 4.74 Å². The molecule has 4 heteroatoms. The van der Waals surface area contributed by atoms with Crippen LogP contribution in [0.2, 0.25) is 0 Å². The van der Waals surface area contributed by atoms with Crippen LogP contribution in [0.15, 0.2) is 0 Å². The van der Waals surface area contributed by atoms with Crippen molar-refractivity contribution < 1.29 is 9.53 Å². The van der Waals surface area contributed by atoms with Crippen molar-refractivity contribution >= 4 is 5.91 Å². The molecule has 2 aliphatic rings. The van der Waals surface area contributed by atoms with Crippen LogP contribution in [0.4, 0.5) is 0 Å². The van der Waals surface area contributed by atoms with E-state index in [2.05, 4.69) is 26.1 Å². The summed E-state index contributed by atoms with van der Waals surface area (Å²) in [6.07, 6.45) is 1.07.